The van der Waals surface area contributed by atoms with Crippen LogP contribution >= 0.6 is 0 Å². The number of aryl methyl sites for hydroxylation is 1. The maximum absolute atomic E-state index is 12.8. The second-order valence-electron chi connectivity index (χ2n) is 8.64. The number of piperidine rings is 2. The largest absolute Gasteiger partial charge is 0.342 e. The summed E-state index contributed by atoms with van der Waals surface area (Å²) in [6.07, 6.45) is 8.99. The highest BCUT2D eigenvalue weighted by Gasteiger charge is 2.34. The van der Waals surface area contributed by atoms with Gasteiger partial charge >= 0.3 is 0 Å². The molecule has 3 fully saturated rings. The van der Waals surface area contributed by atoms with Crippen molar-refractivity contribution in [2.24, 2.45) is 5.92 Å². The van der Waals surface area contributed by atoms with Gasteiger partial charge in [-0.1, -0.05) is 6.07 Å². The normalized spacial score (nSPS) is 25.8. The fraction of sp³-hybridized carbons (Fsp3) is 0.727. The van der Waals surface area contributed by atoms with Crippen molar-refractivity contribution in [2.75, 3.05) is 39.3 Å². The Balaban J connectivity index is 1.27. The molecular formula is C22H34N4O. The number of aromatic nitrogens is 1. The smallest absolute Gasteiger partial charge is 0.226 e. The molecular weight excluding hydrogens is 336 g/mol. The topological polar surface area (TPSA) is 39.7 Å². The molecule has 1 atom stereocenters. The quantitative estimate of drug-likeness (QED) is 0.817. The van der Waals surface area contributed by atoms with E-state index in [4.69, 9.17) is 0 Å². The molecule has 5 heteroatoms. The minimum atomic E-state index is 0.242. The highest BCUT2D eigenvalue weighted by Crippen LogP contribution is 2.26. The average molecular weight is 371 g/mol. The number of likely N-dealkylation sites (tertiary alicyclic amines) is 3. The molecule has 27 heavy (non-hydrogen) atoms. The Labute approximate surface area is 163 Å². The maximum Gasteiger partial charge on any atom is 0.226 e. The lowest BCUT2D eigenvalue weighted by atomic mass is 9.93. The molecule has 0 spiro atoms. The summed E-state index contributed by atoms with van der Waals surface area (Å²) in [5.41, 5.74) is 2.50. The standard InChI is InChI=1S/C22H34N4O/c1-18-6-4-10-23-21(18)17-24-14-8-20(9-15-24)26-13-5-7-19(16-26)22(27)25-11-2-3-12-25/h4,6,10,19-20H,2-3,5,7-9,11-17H2,1H3. The number of carbonyl (C=O) groups is 1. The molecule has 4 rings (SSSR count). The summed E-state index contributed by atoms with van der Waals surface area (Å²) < 4.78 is 0. The van der Waals surface area contributed by atoms with Crippen molar-refractivity contribution in [3.63, 3.8) is 0 Å². The predicted octanol–water partition coefficient (Wildman–Crippen LogP) is 2.69. The lowest BCUT2D eigenvalue weighted by Gasteiger charge is -2.42. The zero-order valence-corrected chi connectivity index (χ0v) is 16.8. The van der Waals surface area contributed by atoms with Gasteiger partial charge < -0.3 is 4.90 Å². The third-order valence-corrected chi connectivity index (χ3v) is 6.78. The maximum atomic E-state index is 12.8. The van der Waals surface area contributed by atoms with E-state index in [1.54, 1.807) is 0 Å². The van der Waals surface area contributed by atoms with Crippen molar-refractivity contribution in [3.05, 3.63) is 29.6 Å². The van der Waals surface area contributed by atoms with Gasteiger partial charge in [0.2, 0.25) is 5.91 Å². The van der Waals surface area contributed by atoms with E-state index in [9.17, 15) is 4.79 Å². The summed E-state index contributed by atoms with van der Waals surface area (Å²) in [6.45, 7) is 9.54. The summed E-state index contributed by atoms with van der Waals surface area (Å²) >= 11 is 0. The van der Waals surface area contributed by atoms with Gasteiger partial charge in [0, 0.05) is 51.5 Å². The van der Waals surface area contributed by atoms with Gasteiger partial charge in [-0.15, -0.1) is 0 Å². The highest BCUT2D eigenvalue weighted by molar-refractivity contribution is 5.79. The van der Waals surface area contributed by atoms with Crippen LogP contribution in [0, 0.1) is 12.8 Å². The Morgan fingerprint density at radius 3 is 2.59 bits per heavy atom. The summed E-state index contributed by atoms with van der Waals surface area (Å²) in [5.74, 6) is 0.673. The molecule has 148 valence electrons. The number of nitrogens with zero attached hydrogens (tertiary/aromatic N) is 4. The first-order valence-corrected chi connectivity index (χ1v) is 10.9. The fourth-order valence-electron chi connectivity index (χ4n) is 5.07. The first kappa shape index (κ1) is 18.9. The van der Waals surface area contributed by atoms with Crippen molar-refractivity contribution in [1.29, 1.82) is 0 Å². The van der Waals surface area contributed by atoms with Gasteiger partial charge in [-0.3, -0.25) is 19.6 Å². The summed E-state index contributed by atoms with van der Waals surface area (Å²) in [4.78, 5) is 24.6. The van der Waals surface area contributed by atoms with Crippen LogP contribution in [-0.2, 0) is 11.3 Å². The van der Waals surface area contributed by atoms with Crippen molar-refractivity contribution >= 4 is 5.91 Å². The van der Waals surface area contributed by atoms with E-state index < -0.39 is 0 Å². The molecule has 3 aliphatic rings. The van der Waals surface area contributed by atoms with E-state index in [1.165, 1.54) is 49.9 Å². The van der Waals surface area contributed by atoms with Crippen LogP contribution in [0.5, 0.6) is 0 Å². The molecule has 4 heterocycles. The summed E-state index contributed by atoms with van der Waals surface area (Å²) in [7, 11) is 0. The van der Waals surface area contributed by atoms with Crippen molar-refractivity contribution in [3.8, 4) is 0 Å². The molecule has 1 unspecified atom stereocenters. The SMILES string of the molecule is Cc1cccnc1CN1CCC(N2CCCC(C(=O)N3CCCC3)C2)CC1. The molecule has 1 aromatic heterocycles. The molecule has 0 saturated carbocycles. The molecule has 0 radical (unpaired) electrons. The van der Waals surface area contributed by atoms with E-state index in [0.29, 0.717) is 11.9 Å². The van der Waals surface area contributed by atoms with Crippen LogP contribution < -0.4 is 0 Å². The van der Waals surface area contributed by atoms with E-state index in [1.807, 2.05) is 12.3 Å². The van der Waals surface area contributed by atoms with Crippen LogP contribution in [0.4, 0.5) is 0 Å². The number of hydrogen-bond donors (Lipinski definition) is 0. The van der Waals surface area contributed by atoms with Gasteiger partial charge in [0.25, 0.3) is 0 Å². The molecule has 3 aliphatic heterocycles. The van der Waals surface area contributed by atoms with Gasteiger partial charge in [-0.2, -0.15) is 0 Å². The van der Waals surface area contributed by atoms with Crippen LogP contribution in [0.3, 0.4) is 0 Å². The predicted molar refractivity (Wildman–Crippen MR) is 107 cm³/mol. The zero-order chi connectivity index (χ0) is 18.6. The van der Waals surface area contributed by atoms with E-state index in [-0.39, 0.29) is 5.92 Å². The number of hydrogen-bond acceptors (Lipinski definition) is 4. The molecule has 0 aromatic carbocycles. The van der Waals surface area contributed by atoms with Gasteiger partial charge in [0.1, 0.15) is 0 Å². The number of amides is 1. The van der Waals surface area contributed by atoms with Gasteiger partial charge in [0.05, 0.1) is 11.6 Å². The molecule has 0 aliphatic carbocycles. The number of pyridine rings is 1. The van der Waals surface area contributed by atoms with Gasteiger partial charge in [-0.05, 0) is 63.6 Å². The molecule has 0 bridgehead atoms. The minimum Gasteiger partial charge on any atom is -0.342 e. The third-order valence-electron chi connectivity index (χ3n) is 6.78. The van der Waals surface area contributed by atoms with Crippen molar-refractivity contribution in [1.82, 2.24) is 19.7 Å². The molecule has 3 saturated heterocycles. The van der Waals surface area contributed by atoms with Crippen LogP contribution in [0.2, 0.25) is 0 Å². The Hall–Kier alpha value is -1.46. The van der Waals surface area contributed by atoms with Crippen LogP contribution in [-0.4, -0.2) is 70.9 Å². The van der Waals surface area contributed by atoms with Crippen molar-refractivity contribution < 1.29 is 4.79 Å². The second kappa shape index (κ2) is 8.70. The Kier molecular flexibility index (Phi) is 6.08. The monoisotopic (exact) mass is 370 g/mol. The second-order valence-corrected chi connectivity index (χ2v) is 8.64. The van der Waals surface area contributed by atoms with Crippen LogP contribution in [0.25, 0.3) is 0 Å². The zero-order valence-electron chi connectivity index (χ0n) is 16.8. The highest BCUT2D eigenvalue weighted by atomic mass is 16.2. The Morgan fingerprint density at radius 2 is 1.85 bits per heavy atom. The Morgan fingerprint density at radius 1 is 1.07 bits per heavy atom. The fourth-order valence-corrected chi connectivity index (χ4v) is 5.07. The van der Waals surface area contributed by atoms with Crippen LogP contribution in [0.15, 0.2) is 18.3 Å². The molecule has 1 aromatic rings. The van der Waals surface area contributed by atoms with Gasteiger partial charge in [-0.25, -0.2) is 0 Å². The van der Waals surface area contributed by atoms with E-state index >= 15 is 0 Å². The minimum absolute atomic E-state index is 0.242. The summed E-state index contributed by atoms with van der Waals surface area (Å²) in [6, 6.07) is 4.82. The van der Waals surface area contributed by atoms with E-state index in [0.717, 1.165) is 45.7 Å². The molecule has 1 amide bonds. The number of rotatable bonds is 4. The lowest BCUT2D eigenvalue weighted by Crippen LogP contribution is -2.51. The first-order chi connectivity index (χ1) is 13.2. The number of carbonyl (C=O) groups excluding carboxylic acids is 1. The molecule has 5 nitrogen and oxygen atoms in total. The third kappa shape index (κ3) is 4.52. The van der Waals surface area contributed by atoms with Gasteiger partial charge in [0.15, 0.2) is 0 Å². The average Bonchev–Trinajstić information content (AvgIpc) is 3.25. The van der Waals surface area contributed by atoms with Crippen molar-refractivity contribution in [2.45, 2.75) is 58.0 Å². The Bertz CT molecular complexity index is 635. The lowest BCUT2D eigenvalue weighted by molar-refractivity contribution is -0.136. The first-order valence-electron chi connectivity index (χ1n) is 10.9. The molecule has 0 N–H and O–H groups in total. The summed E-state index contributed by atoms with van der Waals surface area (Å²) in [5, 5.41) is 0. The van der Waals surface area contributed by atoms with E-state index in [2.05, 4.69) is 32.7 Å². The van der Waals surface area contributed by atoms with Crippen LogP contribution in [0.1, 0.15) is 49.8 Å².